The molecular formula is C27H19N. The number of hydrogen-bond acceptors (Lipinski definition) is 0. The minimum Gasteiger partial charge on any atom is -0.343 e. The van der Waals surface area contributed by atoms with E-state index in [4.69, 9.17) is 0 Å². The van der Waals surface area contributed by atoms with Crippen molar-refractivity contribution in [3.05, 3.63) is 95.1 Å². The smallest absolute Gasteiger partial charge is 0.0531 e. The van der Waals surface area contributed by atoms with E-state index in [1.165, 1.54) is 66.3 Å². The molecule has 0 N–H and O–H groups in total. The fraction of sp³-hybridized carbons (Fsp3) is 0.111. The van der Waals surface area contributed by atoms with Gasteiger partial charge in [0, 0.05) is 30.7 Å². The van der Waals surface area contributed by atoms with Crippen molar-refractivity contribution in [1.29, 1.82) is 0 Å². The van der Waals surface area contributed by atoms with Gasteiger partial charge in [0.25, 0.3) is 0 Å². The molecule has 5 aromatic rings. The molecule has 1 nitrogen and oxygen atoms in total. The Hall–Kier alpha value is -3.32. The van der Waals surface area contributed by atoms with E-state index in [0.29, 0.717) is 0 Å². The largest absolute Gasteiger partial charge is 0.343 e. The summed E-state index contributed by atoms with van der Waals surface area (Å²) in [7, 11) is 2.26. The molecule has 0 spiro atoms. The van der Waals surface area contributed by atoms with Crippen LogP contribution in [0.4, 0.5) is 0 Å². The summed E-state index contributed by atoms with van der Waals surface area (Å²) in [5.41, 5.74) is 14.3. The molecule has 132 valence electrons. The van der Waals surface area contributed by atoms with Gasteiger partial charge in [-0.25, -0.2) is 0 Å². The molecule has 0 fully saturated rings. The number of hydrogen-bond donors (Lipinski definition) is 0. The van der Waals surface area contributed by atoms with E-state index >= 15 is 0 Å². The van der Waals surface area contributed by atoms with Crippen molar-refractivity contribution in [2.75, 3.05) is 0 Å². The molecule has 0 unspecified atom stereocenters. The summed E-state index contributed by atoms with van der Waals surface area (Å²) in [4.78, 5) is 0. The van der Waals surface area contributed by atoms with Gasteiger partial charge >= 0.3 is 0 Å². The van der Waals surface area contributed by atoms with Crippen LogP contribution >= 0.6 is 0 Å². The van der Waals surface area contributed by atoms with Crippen LogP contribution in [0.5, 0.6) is 0 Å². The van der Waals surface area contributed by atoms with E-state index in [2.05, 4.69) is 84.4 Å². The number of benzene rings is 4. The summed E-state index contributed by atoms with van der Waals surface area (Å²) >= 11 is 0. The first-order chi connectivity index (χ1) is 13.8. The second kappa shape index (κ2) is 4.94. The Balaban J connectivity index is 1.59. The van der Waals surface area contributed by atoms with Crippen LogP contribution < -0.4 is 0 Å². The summed E-state index contributed by atoms with van der Waals surface area (Å²) in [6.07, 6.45) is 2.07. The van der Waals surface area contributed by atoms with Crippen LogP contribution in [0.15, 0.2) is 72.8 Å². The fourth-order valence-corrected chi connectivity index (χ4v) is 5.70. The van der Waals surface area contributed by atoms with Gasteiger partial charge in [-0.3, -0.25) is 0 Å². The monoisotopic (exact) mass is 357 g/mol. The molecule has 0 saturated carbocycles. The SMILES string of the molecule is Cn1c2c3c(ccc2c2ccc4c(c21)Cc1ccccc1-4)-c1ccccc1C3. The third kappa shape index (κ3) is 1.64. The quantitative estimate of drug-likeness (QED) is 0.293. The highest BCUT2D eigenvalue weighted by Gasteiger charge is 2.26. The van der Waals surface area contributed by atoms with Crippen LogP contribution in [0.25, 0.3) is 44.1 Å². The van der Waals surface area contributed by atoms with Gasteiger partial charge in [-0.2, -0.15) is 0 Å². The van der Waals surface area contributed by atoms with Gasteiger partial charge in [0.2, 0.25) is 0 Å². The molecule has 4 aromatic carbocycles. The second-order valence-electron chi connectivity index (χ2n) is 8.20. The molecule has 0 aliphatic heterocycles. The maximum absolute atomic E-state index is 2.47. The van der Waals surface area contributed by atoms with E-state index in [1.807, 2.05) is 0 Å². The average molecular weight is 357 g/mol. The summed E-state index contributed by atoms with van der Waals surface area (Å²) < 4.78 is 2.47. The first kappa shape index (κ1) is 14.7. The van der Waals surface area contributed by atoms with Crippen molar-refractivity contribution < 1.29 is 0 Å². The lowest BCUT2D eigenvalue weighted by molar-refractivity contribution is 0.995. The Bertz CT molecular complexity index is 1350. The molecular weight excluding hydrogens is 338 g/mol. The van der Waals surface area contributed by atoms with E-state index < -0.39 is 0 Å². The predicted molar refractivity (Wildman–Crippen MR) is 117 cm³/mol. The van der Waals surface area contributed by atoms with E-state index in [0.717, 1.165) is 12.8 Å². The molecule has 7 rings (SSSR count). The molecule has 0 bridgehead atoms. The highest BCUT2D eigenvalue weighted by atomic mass is 14.9. The molecule has 0 saturated heterocycles. The normalized spacial score (nSPS) is 13.6. The standard InChI is InChI=1S/C27H19N/c1-28-26-22(12-10-20-18-8-4-2-6-16(18)14-24(20)26)23-13-11-21-19-9-5-3-7-17(19)15-25(21)27(23)28/h2-13H,14-15H2,1H3. The maximum Gasteiger partial charge on any atom is 0.0531 e. The van der Waals surface area contributed by atoms with Crippen molar-refractivity contribution in [3.63, 3.8) is 0 Å². The van der Waals surface area contributed by atoms with Gasteiger partial charge in [-0.05, 0) is 44.5 Å². The zero-order chi connectivity index (χ0) is 18.4. The molecule has 1 heteroatoms. The van der Waals surface area contributed by atoms with Crippen LogP contribution in [0.1, 0.15) is 22.3 Å². The summed E-state index contributed by atoms with van der Waals surface area (Å²) in [6.45, 7) is 0. The van der Waals surface area contributed by atoms with Crippen molar-refractivity contribution in [1.82, 2.24) is 4.57 Å². The molecule has 0 atom stereocenters. The van der Waals surface area contributed by atoms with Crippen LogP contribution in [0.3, 0.4) is 0 Å². The van der Waals surface area contributed by atoms with Crippen LogP contribution in [-0.4, -0.2) is 4.57 Å². The number of nitrogens with zero attached hydrogens (tertiary/aromatic N) is 1. The second-order valence-corrected chi connectivity index (χ2v) is 8.20. The zero-order valence-corrected chi connectivity index (χ0v) is 15.8. The third-order valence-electron chi connectivity index (χ3n) is 6.88. The third-order valence-corrected chi connectivity index (χ3v) is 6.88. The van der Waals surface area contributed by atoms with E-state index in [9.17, 15) is 0 Å². The molecule has 0 amide bonds. The molecule has 2 aliphatic carbocycles. The van der Waals surface area contributed by atoms with Crippen molar-refractivity contribution in [3.8, 4) is 22.3 Å². The highest BCUT2D eigenvalue weighted by Crippen LogP contribution is 2.46. The van der Waals surface area contributed by atoms with Crippen molar-refractivity contribution >= 4 is 21.8 Å². The van der Waals surface area contributed by atoms with Crippen LogP contribution in [-0.2, 0) is 19.9 Å². The maximum atomic E-state index is 2.47. The first-order valence-corrected chi connectivity index (χ1v) is 10.0. The number of aromatic nitrogens is 1. The molecule has 1 heterocycles. The summed E-state index contributed by atoms with van der Waals surface area (Å²) in [5, 5.41) is 2.78. The number of fused-ring (bicyclic) bond motifs is 11. The minimum absolute atomic E-state index is 1.04. The van der Waals surface area contributed by atoms with Crippen molar-refractivity contribution in [2.24, 2.45) is 7.05 Å². The lowest BCUT2D eigenvalue weighted by atomic mass is 10.0. The zero-order valence-electron chi connectivity index (χ0n) is 15.8. The predicted octanol–water partition coefficient (Wildman–Crippen LogP) is 6.47. The summed E-state index contributed by atoms with van der Waals surface area (Å²) in [6, 6.07) is 27.1. The Kier molecular flexibility index (Phi) is 2.59. The Labute approximate surface area is 163 Å². The minimum atomic E-state index is 1.04. The molecule has 2 aliphatic rings. The molecule has 1 aromatic heterocycles. The lowest BCUT2D eigenvalue weighted by Crippen LogP contribution is -1.94. The van der Waals surface area contributed by atoms with Crippen LogP contribution in [0, 0.1) is 0 Å². The Morgan fingerprint density at radius 1 is 0.536 bits per heavy atom. The van der Waals surface area contributed by atoms with Gasteiger partial charge in [0.15, 0.2) is 0 Å². The highest BCUT2D eigenvalue weighted by molar-refractivity contribution is 6.13. The lowest BCUT2D eigenvalue weighted by Gasteiger charge is -2.07. The molecule has 0 radical (unpaired) electrons. The first-order valence-electron chi connectivity index (χ1n) is 10.0. The van der Waals surface area contributed by atoms with Gasteiger partial charge in [-0.15, -0.1) is 0 Å². The van der Waals surface area contributed by atoms with E-state index in [-0.39, 0.29) is 0 Å². The van der Waals surface area contributed by atoms with Gasteiger partial charge in [0.05, 0.1) is 11.0 Å². The fourth-order valence-electron chi connectivity index (χ4n) is 5.70. The Morgan fingerprint density at radius 2 is 1.00 bits per heavy atom. The summed E-state index contributed by atoms with van der Waals surface area (Å²) in [5.74, 6) is 0. The van der Waals surface area contributed by atoms with Crippen LogP contribution in [0.2, 0.25) is 0 Å². The van der Waals surface area contributed by atoms with Gasteiger partial charge in [-0.1, -0.05) is 72.8 Å². The van der Waals surface area contributed by atoms with Gasteiger partial charge in [0.1, 0.15) is 0 Å². The van der Waals surface area contributed by atoms with Gasteiger partial charge < -0.3 is 4.57 Å². The average Bonchev–Trinajstić information content (AvgIpc) is 3.37. The number of aryl methyl sites for hydroxylation is 1. The topological polar surface area (TPSA) is 4.93 Å². The van der Waals surface area contributed by atoms with E-state index in [1.54, 1.807) is 0 Å². The Morgan fingerprint density at radius 3 is 1.50 bits per heavy atom. The number of rotatable bonds is 0. The molecule has 28 heavy (non-hydrogen) atoms. The van der Waals surface area contributed by atoms with Crippen molar-refractivity contribution in [2.45, 2.75) is 12.8 Å².